The second-order valence-corrected chi connectivity index (χ2v) is 4.37. The Kier molecular flexibility index (Phi) is 4.61. The van der Waals surface area contributed by atoms with Gasteiger partial charge in [0.15, 0.2) is 11.6 Å². The maximum absolute atomic E-state index is 11.9. The molecule has 0 unspecified atom stereocenters. The van der Waals surface area contributed by atoms with Crippen LogP contribution in [0, 0.1) is 0 Å². The van der Waals surface area contributed by atoms with Crippen LogP contribution in [0.1, 0.15) is 34.3 Å². The lowest BCUT2D eigenvalue weighted by Crippen LogP contribution is -2.12. The highest BCUT2D eigenvalue weighted by Gasteiger charge is 2.12. The molecule has 110 valence electrons. The van der Waals surface area contributed by atoms with Crippen molar-refractivity contribution < 1.29 is 18.7 Å². The van der Waals surface area contributed by atoms with Gasteiger partial charge in [0.25, 0.3) is 5.91 Å². The molecule has 3 N–H and O–H groups in total. The molecule has 1 aromatic carbocycles. The van der Waals surface area contributed by atoms with Crippen molar-refractivity contribution in [2.45, 2.75) is 13.3 Å². The van der Waals surface area contributed by atoms with E-state index >= 15 is 0 Å². The van der Waals surface area contributed by atoms with Gasteiger partial charge in [0.2, 0.25) is 0 Å². The van der Waals surface area contributed by atoms with E-state index in [1.165, 1.54) is 12.1 Å². The molecule has 0 aliphatic carbocycles. The first-order valence-corrected chi connectivity index (χ1v) is 6.54. The summed E-state index contributed by atoms with van der Waals surface area (Å²) in [6.45, 7) is 2.28. The number of nitrogen functional groups attached to an aromatic ring is 1. The number of hydrogen-bond donors (Lipinski definition) is 2. The molecular formula is C15H16N2O4. The zero-order chi connectivity index (χ0) is 15.2. The van der Waals surface area contributed by atoms with Gasteiger partial charge in [-0.05, 0) is 30.7 Å². The van der Waals surface area contributed by atoms with Crippen LogP contribution in [0.5, 0.6) is 0 Å². The van der Waals surface area contributed by atoms with Gasteiger partial charge in [0.05, 0.1) is 12.2 Å². The van der Waals surface area contributed by atoms with Crippen LogP contribution in [0.25, 0.3) is 0 Å². The first-order chi connectivity index (χ1) is 10.1. The summed E-state index contributed by atoms with van der Waals surface area (Å²) >= 11 is 0. The topological polar surface area (TPSA) is 94.6 Å². The lowest BCUT2D eigenvalue weighted by Gasteiger charge is -2.06. The second-order valence-electron chi connectivity index (χ2n) is 4.37. The quantitative estimate of drug-likeness (QED) is 0.825. The highest BCUT2D eigenvalue weighted by molar-refractivity contribution is 6.03. The van der Waals surface area contributed by atoms with Crippen LogP contribution in [0.15, 0.2) is 40.8 Å². The molecule has 0 fully saturated rings. The minimum atomic E-state index is -0.439. The Morgan fingerprint density at radius 2 is 2.10 bits per heavy atom. The third kappa shape index (κ3) is 3.85. The largest absolute Gasteiger partial charge is 0.462 e. The van der Waals surface area contributed by atoms with Crippen molar-refractivity contribution in [2.75, 3.05) is 17.7 Å². The first kappa shape index (κ1) is 14.6. The SMILES string of the molecule is CCCOC(=O)c1cccc(NC(=O)c2ccc(N)o2)c1. The number of furan rings is 1. The van der Waals surface area contributed by atoms with Crippen molar-refractivity contribution in [1.29, 1.82) is 0 Å². The van der Waals surface area contributed by atoms with Gasteiger partial charge in [-0.1, -0.05) is 13.0 Å². The third-order valence-corrected chi connectivity index (χ3v) is 2.64. The molecule has 0 saturated heterocycles. The monoisotopic (exact) mass is 288 g/mol. The first-order valence-electron chi connectivity index (χ1n) is 6.54. The number of rotatable bonds is 5. The molecule has 0 atom stereocenters. The van der Waals surface area contributed by atoms with E-state index in [1.807, 2.05) is 6.92 Å². The van der Waals surface area contributed by atoms with E-state index < -0.39 is 11.9 Å². The van der Waals surface area contributed by atoms with Crippen molar-refractivity contribution in [3.05, 3.63) is 47.7 Å². The van der Waals surface area contributed by atoms with Crippen molar-refractivity contribution in [3.8, 4) is 0 Å². The summed E-state index contributed by atoms with van der Waals surface area (Å²) in [5.74, 6) is -0.593. The highest BCUT2D eigenvalue weighted by atomic mass is 16.5. The number of benzene rings is 1. The predicted molar refractivity (Wildman–Crippen MR) is 78.1 cm³/mol. The van der Waals surface area contributed by atoms with E-state index in [4.69, 9.17) is 14.9 Å². The lowest BCUT2D eigenvalue weighted by atomic mass is 10.2. The number of anilines is 2. The summed E-state index contributed by atoms with van der Waals surface area (Å²) in [7, 11) is 0. The molecule has 2 rings (SSSR count). The normalized spacial score (nSPS) is 10.1. The van der Waals surface area contributed by atoms with Gasteiger partial charge in [-0.15, -0.1) is 0 Å². The number of hydrogen-bond acceptors (Lipinski definition) is 5. The Balaban J connectivity index is 2.07. The predicted octanol–water partition coefficient (Wildman–Crippen LogP) is 2.68. The average molecular weight is 288 g/mol. The lowest BCUT2D eigenvalue weighted by molar-refractivity contribution is 0.0505. The fraction of sp³-hybridized carbons (Fsp3) is 0.200. The molecular weight excluding hydrogens is 272 g/mol. The van der Waals surface area contributed by atoms with E-state index in [1.54, 1.807) is 24.3 Å². The maximum atomic E-state index is 11.9. The number of amides is 1. The van der Waals surface area contributed by atoms with E-state index in [0.29, 0.717) is 17.9 Å². The van der Waals surface area contributed by atoms with Gasteiger partial charge in [-0.25, -0.2) is 4.79 Å². The van der Waals surface area contributed by atoms with E-state index in [0.717, 1.165) is 6.42 Å². The Morgan fingerprint density at radius 1 is 1.29 bits per heavy atom. The molecule has 0 aliphatic heterocycles. The van der Waals surface area contributed by atoms with E-state index in [-0.39, 0.29) is 11.6 Å². The van der Waals surface area contributed by atoms with Crippen LogP contribution in [-0.4, -0.2) is 18.5 Å². The molecule has 21 heavy (non-hydrogen) atoms. The van der Waals surface area contributed by atoms with Crippen LogP contribution in [0.2, 0.25) is 0 Å². The Bertz CT molecular complexity index is 649. The van der Waals surface area contributed by atoms with Crippen LogP contribution in [-0.2, 0) is 4.74 Å². The minimum Gasteiger partial charge on any atom is -0.462 e. The summed E-state index contributed by atoms with van der Waals surface area (Å²) in [5, 5.41) is 2.63. The molecule has 0 radical (unpaired) electrons. The van der Waals surface area contributed by atoms with Crippen molar-refractivity contribution >= 4 is 23.4 Å². The van der Waals surface area contributed by atoms with Crippen LogP contribution >= 0.6 is 0 Å². The average Bonchev–Trinajstić information content (AvgIpc) is 2.91. The Hall–Kier alpha value is -2.76. The number of ether oxygens (including phenoxy) is 1. The molecule has 0 bridgehead atoms. The Morgan fingerprint density at radius 3 is 2.76 bits per heavy atom. The summed E-state index contributed by atoms with van der Waals surface area (Å²) in [6, 6.07) is 9.47. The van der Waals surface area contributed by atoms with E-state index in [2.05, 4.69) is 5.32 Å². The number of nitrogens with one attached hydrogen (secondary N) is 1. The maximum Gasteiger partial charge on any atom is 0.338 e. The molecule has 0 spiro atoms. The fourth-order valence-electron chi connectivity index (χ4n) is 1.67. The van der Waals surface area contributed by atoms with Crippen LogP contribution < -0.4 is 11.1 Å². The van der Waals surface area contributed by atoms with Crippen molar-refractivity contribution in [3.63, 3.8) is 0 Å². The van der Waals surface area contributed by atoms with Gasteiger partial charge in [-0.2, -0.15) is 0 Å². The van der Waals surface area contributed by atoms with Crippen molar-refractivity contribution in [2.24, 2.45) is 0 Å². The number of esters is 1. The molecule has 2 aromatic rings. The molecule has 6 nitrogen and oxygen atoms in total. The van der Waals surface area contributed by atoms with Gasteiger partial charge in [0, 0.05) is 11.8 Å². The summed E-state index contributed by atoms with van der Waals surface area (Å²) in [5.41, 5.74) is 6.26. The fourth-order valence-corrected chi connectivity index (χ4v) is 1.67. The Labute approximate surface area is 121 Å². The van der Waals surface area contributed by atoms with Gasteiger partial charge in [0.1, 0.15) is 0 Å². The number of nitrogens with two attached hydrogens (primary N) is 1. The molecule has 6 heteroatoms. The minimum absolute atomic E-state index is 0.103. The van der Waals surface area contributed by atoms with E-state index in [9.17, 15) is 9.59 Å². The molecule has 1 amide bonds. The summed E-state index contributed by atoms with van der Waals surface area (Å²) in [6.07, 6.45) is 0.752. The van der Waals surface area contributed by atoms with Gasteiger partial charge < -0.3 is 20.2 Å². The van der Waals surface area contributed by atoms with Gasteiger partial charge in [-0.3, -0.25) is 4.79 Å². The number of carbonyl (C=O) groups is 2. The molecule has 1 heterocycles. The summed E-state index contributed by atoms with van der Waals surface area (Å²) < 4.78 is 10.1. The summed E-state index contributed by atoms with van der Waals surface area (Å²) in [4.78, 5) is 23.6. The zero-order valence-corrected chi connectivity index (χ0v) is 11.6. The van der Waals surface area contributed by atoms with Crippen LogP contribution in [0.4, 0.5) is 11.6 Å². The third-order valence-electron chi connectivity index (χ3n) is 2.64. The molecule has 0 aliphatic rings. The zero-order valence-electron chi connectivity index (χ0n) is 11.6. The molecule has 0 saturated carbocycles. The highest BCUT2D eigenvalue weighted by Crippen LogP contribution is 2.15. The number of carbonyl (C=O) groups excluding carboxylic acids is 2. The second kappa shape index (κ2) is 6.60. The standard InChI is InChI=1S/C15H16N2O4/c1-2-8-20-15(19)10-4-3-5-11(9-10)17-14(18)12-6-7-13(16)21-12/h3-7,9H,2,8,16H2,1H3,(H,17,18). The van der Waals surface area contributed by atoms with Crippen molar-refractivity contribution in [1.82, 2.24) is 0 Å². The van der Waals surface area contributed by atoms with Gasteiger partial charge >= 0.3 is 5.97 Å². The molecule has 1 aromatic heterocycles. The van der Waals surface area contributed by atoms with Crippen LogP contribution in [0.3, 0.4) is 0 Å². The smallest absolute Gasteiger partial charge is 0.338 e.